The highest BCUT2D eigenvalue weighted by atomic mass is 32.1. The molecule has 4 heteroatoms. The van der Waals surface area contributed by atoms with Gasteiger partial charge < -0.3 is 15.5 Å². The standard InChI is InChI=1S/C20H27N3S/c1-4-16-10-12-18(13-11-16)22-20(24)21-15-19(23(2)3)14-17-8-6-5-7-9-17/h5-13,19H,4,14-15H2,1-3H3,(H2,21,22,24)/p+1/t19-/m1/s1. The molecule has 0 aromatic heterocycles. The van der Waals surface area contributed by atoms with Crippen LogP contribution in [0.1, 0.15) is 18.1 Å². The predicted molar refractivity (Wildman–Crippen MR) is 107 cm³/mol. The SMILES string of the molecule is CCc1ccc(NC(=S)NC[C@@H](Cc2ccccc2)[NH+](C)C)cc1. The Morgan fingerprint density at radius 2 is 1.67 bits per heavy atom. The van der Waals surface area contributed by atoms with E-state index in [1.165, 1.54) is 16.0 Å². The van der Waals surface area contributed by atoms with Gasteiger partial charge in [0, 0.05) is 12.1 Å². The van der Waals surface area contributed by atoms with E-state index in [4.69, 9.17) is 12.2 Å². The van der Waals surface area contributed by atoms with Crippen LogP contribution >= 0.6 is 12.2 Å². The zero-order valence-corrected chi connectivity index (χ0v) is 15.6. The molecule has 0 fully saturated rings. The van der Waals surface area contributed by atoms with Gasteiger partial charge in [0.05, 0.1) is 20.6 Å². The number of thiocarbonyl (C=S) groups is 1. The van der Waals surface area contributed by atoms with E-state index >= 15 is 0 Å². The molecule has 0 unspecified atom stereocenters. The van der Waals surface area contributed by atoms with Crippen molar-refractivity contribution in [2.45, 2.75) is 25.8 Å². The molecule has 2 aromatic rings. The molecule has 3 N–H and O–H groups in total. The highest BCUT2D eigenvalue weighted by Gasteiger charge is 2.16. The van der Waals surface area contributed by atoms with Crippen LogP contribution in [-0.2, 0) is 12.8 Å². The molecule has 0 aliphatic heterocycles. The van der Waals surface area contributed by atoms with Crippen LogP contribution < -0.4 is 15.5 Å². The molecule has 1 atom stereocenters. The van der Waals surface area contributed by atoms with E-state index in [1.807, 2.05) is 0 Å². The first-order valence-corrected chi connectivity index (χ1v) is 8.97. The Morgan fingerprint density at radius 3 is 2.25 bits per heavy atom. The number of hydrogen-bond donors (Lipinski definition) is 3. The minimum atomic E-state index is 0.467. The van der Waals surface area contributed by atoms with E-state index < -0.39 is 0 Å². The van der Waals surface area contributed by atoms with E-state index in [9.17, 15) is 0 Å². The van der Waals surface area contributed by atoms with Crippen LogP contribution in [0.5, 0.6) is 0 Å². The zero-order chi connectivity index (χ0) is 17.4. The van der Waals surface area contributed by atoms with Crippen molar-refractivity contribution in [1.82, 2.24) is 5.32 Å². The van der Waals surface area contributed by atoms with Crippen molar-refractivity contribution in [3.8, 4) is 0 Å². The van der Waals surface area contributed by atoms with Crippen molar-refractivity contribution >= 4 is 23.0 Å². The average Bonchev–Trinajstić information content (AvgIpc) is 2.60. The molecule has 0 aliphatic carbocycles. The van der Waals surface area contributed by atoms with E-state index in [2.05, 4.69) is 86.2 Å². The molecule has 3 nitrogen and oxygen atoms in total. The van der Waals surface area contributed by atoms with Gasteiger partial charge in [-0.2, -0.15) is 0 Å². The first-order chi connectivity index (χ1) is 11.6. The normalized spacial score (nSPS) is 12.0. The monoisotopic (exact) mass is 342 g/mol. The van der Waals surface area contributed by atoms with Crippen LogP contribution in [0.4, 0.5) is 5.69 Å². The van der Waals surface area contributed by atoms with Crippen LogP contribution in [0.3, 0.4) is 0 Å². The fourth-order valence-electron chi connectivity index (χ4n) is 2.59. The molecule has 24 heavy (non-hydrogen) atoms. The summed E-state index contributed by atoms with van der Waals surface area (Å²) < 4.78 is 0. The maximum absolute atomic E-state index is 5.44. The van der Waals surface area contributed by atoms with E-state index in [1.54, 1.807) is 0 Å². The number of nitrogens with one attached hydrogen (secondary N) is 3. The minimum Gasteiger partial charge on any atom is -0.356 e. The van der Waals surface area contributed by atoms with Gasteiger partial charge in [0.1, 0.15) is 6.04 Å². The maximum atomic E-state index is 5.44. The molecule has 0 bridgehead atoms. The zero-order valence-electron chi connectivity index (χ0n) is 14.8. The van der Waals surface area contributed by atoms with E-state index in [0.717, 1.165) is 25.1 Å². The summed E-state index contributed by atoms with van der Waals surface area (Å²) in [4.78, 5) is 1.42. The molecular weight excluding hydrogens is 314 g/mol. The first kappa shape index (κ1) is 18.4. The van der Waals surface area contributed by atoms with Crippen molar-refractivity contribution in [3.05, 3.63) is 65.7 Å². The Balaban J connectivity index is 1.85. The number of likely N-dealkylation sites (N-methyl/N-ethyl adjacent to an activating group) is 1. The second-order valence-corrected chi connectivity index (χ2v) is 6.76. The summed E-state index contributed by atoms with van der Waals surface area (Å²) in [6.45, 7) is 3.00. The highest BCUT2D eigenvalue weighted by Crippen LogP contribution is 2.09. The van der Waals surface area contributed by atoms with Gasteiger partial charge in [0.25, 0.3) is 0 Å². The Kier molecular flexibility index (Phi) is 7.22. The number of rotatable bonds is 7. The van der Waals surface area contributed by atoms with Crippen LogP contribution in [-0.4, -0.2) is 31.8 Å². The Bertz CT molecular complexity index is 623. The third-order valence-electron chi connectivity index (χ3n) is 4.27. The summed E-state index contributed by atoms with van der Waals surface area (Å²) in [7, 11) is 4.38. The molecule has 0 aliphatic rings. The van der Waals surface area contributed by atoms with Crippen LogP contribution in [0, 0.1) is 0 Å². The maximum Gasteiger partial charge on any atom is 0.170 e. The summed E-state index contributed by atoms with van der Waals surface area (Å²) in [5.74, 6) is 0. The quantitative estimate of drug-likeness (QED) is 0.674. The molecule has 0 radical (unpaired) electrons. The Labute approximate surface area is 151 Å². The van der Waals surface area contributed by atoms with Gasteiger partial charge >= 0.3 is 0 Å². The average molecular weight is 343 g/mol. The third kappa shape index (κ3) is 5.95. The molecule has 2 rings (SSSR count). The van der Waals surface area contributed by atoms with Gasteiger partial charge in [-0.25, -0.2) is 0 Å². The van der Waals surface area contributed by atoms with Gasteiger partial charge in [-0.1, -0.05) is 49.4 Å². The smallest absolute Gasteiger partial charge is 0.170 e. The lowest BCUT2D eigenvalue weighted by atomic mass is 10.1. The number of hydrogen-bond acceptors (Lipinski definition) is 1. The van der Waals surface area contributed by atoms with Crippen molar-refractivity contribution in [1.29, 1.82) is 0 Å². The number of anilines is 1. The van der Waals surface area contributed by atoms with Gasteiger partial charge in [0.15, 0.2) is 5.11 Å². The van der Waals surface area contributed by atoms with E-state index in [0.29, 0.717) is 11.2 Å². The molecule has 0 amide bonds. The van der Waals surface area contributed by atoms with Crippen molar-refractivity contribution in [2.24, 2.45) is 0 Å². The van der Waals surface area contributed by atoms with Crippen LogP contribution in [0.2, 0.25) is 0 Å². The van der Waals surface area contributed by atoms with Crippen molar-refractivity contribution in [3.63, 3.8) is 0 Å². The lowest BCUT2D eigenvalue weighted by molar-refractivity contribution is -0.884. The van der Waals surface area contributed by atoms with Gasteiger partial charge in [-0.15, -0.1) is 0 Å². The van der Waals surface area contributed by atoms with Crippen molar-refractivity contribution in [2.75, 3.05) is 26.0 Å². The van der Waals surface area contributed by atoms with Gasteiger partial charge in [0.2, 0.25) is 0 Å². The number of aryl methyl sites for hydroxylation is 1. The fourth-order valence-corrected chi connectivity index (χ4v) is 2.80. The first-order valence-electron chi connectivity index (χ1n) is 8.56. The lowest BCUT2D eigenvalue weighted by Crippen LogP contribution is -3.11. The summed E-state index contributed by atoms with van der Waals surface area (Å²) >= 11 is 5.44. The van der Waals surface area contributed by atoms with Gasteiger partial charge in [-0.05, 0) is 41.9 Å². The third-order valence-corrected chi connectivity index (χ3v) is 4.52. The topological polar surface area (TPSA) is 28.5 Å². The molecule has 0 heterocycles. The number of quaternary nitrogens is 1. The lowest BCUT2D eigenvalue weighted by Gasteiger charge is -2.23. The van der Waals surface area contributed by atoms with Crippen LogP contribution in [0.15, 0.2) is 54.6 Å². The molecule has 0 saturated heterocycles. The molecular formula is C20H28N3S+. The Morgan fingerprint density at radius 1 is 1.00 bits per heavy atom. The summed E-state index contributed by atoms with van der Waals surface area (Å²) in [5.41, 5.74) is 3.72. The summed E-state index contributed by atoms with van der Waals surface area (Å²) in [5, 5.41) is 7.30. The molecule has 128 valence electrons. The summed E-state index contributed by atoms with van der Waals surface area (Å²) in [6.07, 6.45) is 2.08. The van der Waals surface area contributed by atoms with Gasteiger partial charge in [-0.3, -0.25) is 0 Å². The van der Waals surface area contributed by atoms with E-state index in [-0.39, 0.29) is 0 Å². The van der Waals surface area contributed by atoms with Crippen LogP contribution in [0.25, 0.3) is 0 Å². The van der Waals surface area contributed by atoms with Crippen molar-refractivity contribution < 1.29 is 4.90 Å². The minimum absolute atomic E-state index is 0.467. The second-order valence-electron chi connectivity index (χ2n) is 6.35. The largest absolute Gasteiger partial charge is 0.356 e. The molecule has 2 aromatic carbocycles. The highest BCUT2D eigenvalue weighted by molar-refractivity contribution is 7.80. The Hall–Kier alpha value is -1.91. The summed E-state index contributed by atoms with van der Waals surface area (Å²) in [6, 6.07) is 19.5. The fraction of sp³-hybridized carbons (Fsp3) is 0.350. The molecule has 0 saturated carbocycles. The number of benzene rings is 2. The predicted octanol–water partition coefficient (Wildman–Crippen LogP) is 2.29. The second kappa shape index (κ2) is 9.40. The molecule has 0 spiro atoms.